The number of aromatic nitrogens is 3. The fraction of sp³-hybridized carbons (Fsp3) is 0. The standard InChI is InChI=1S/C9H6ClIN4O/c10-7-13-8(12)15-9(14-7)16-6-3-1-5(11)2-4-6/h1-4H,(H2,12,13,14,15). The van der Waals surface area contributed by atoms with E-state index in [9.17, 15) is 0 Å². The van der Waals surface area contributed by atoms with Gasteiger partial charge in [-0.2, -0.15) is 15.0 Å². The number of hydrogen-bond acceptors (Lipinski definition) is 5. The largest absolute Gasteiger partial charge is 0.424 e. The molecule has 7 heteroatoms. The average molecular weight is 349 g/mol. The van der Waals surface area contributed by atoms with Crippen LogP contribution in [0.15, 0.2) is 24.3 Å². The van der Waals surface area contributed by atoms with Crippen LogP contribution in [0.1, 0.15) is 0 Å². The van der Waals surface area contributed by atoms with Gasteiger partial charge < -0.3 is 10.5 Å². The van der Waals surface area contributed by atoms with Crippen molar-refractivity contribution in [2.45, 2.75) is 0 Å². The Bertz CT molecular complexity index is 485. The molecule has 0 fully saturated rings. The number of anilines is 1. The monoisotopic (exact) mass is 348 g/mol. The van der Waals surface area contributed by atoms with Crippen molar-refractivity contribution in [2.24, 2.45) is 0 Å². The Kier molecular flexibility index (Phi) is 3.39. The maximum atomic E-state index is 5.62. The second kappa shape index (κ2) is 4.79. The fourth-order valence-corrected chi connectivity index (χ4v) is 1.52. The summed E-state index contributed by atoms with van der Waals surface area (Å²) in [7, 11) is 0. The zero-order valence-electron chi connectivity index (χ0n) is 7.89. The minimum absolute atomic E-state index is 0.00742. The molecular weight excluding hydrogens is 342 g/mol. The van der Waals surface area contributed by atoms with E-state index >= 15 is 0 Å². The lowest BCUT2D eigenvalue weighted by molar-refractivity contribution is 0.440. The highest BCUT2D eigenvalue weighted by molar-refractivity contribution is 14.1. The smallest absolute Gasteiger partial charge is 0.328 e. The van der Waals surface area contributed by atoms with Crippen LogP contribution in [0.5, 0.6) is 11.8 Å². The van der Waals surface area contributed by atoms with E-state index in [0.29, 0.717) is 5.75 Å². The van der Waals surface area contributed by atoms with Crippen LogP contribution in [0.25, 0.3) is 0 Å². The molecule has 16 heavy (non-hydrogen) atoms. The average Bonchev–Trinajstić information content (AvgIpc) is 2.20. The minimum Gasteiger partial charge on any atom is -0.424 e. The molecule has 1 aromatic heterocycles. The van der Waals surface area contributed by atoms with E-state index in [1.54, 1.807) is 12.1 Å². The number of benzene rings is 1. The molecule has 82 valence electrons. The molecule has 5 nitrogen and oxygen atoms in total. The zero-order chi connectivity index (χ0) is 11.5. The van der Waals surface area contributed by atoms with Gasteiger partial charge in [0.15, 0.2) is 0 Å². The first-order valence-corrected chi connectivity index (χ1v) is 5.69. The fourth-order valence-electron chi connectivity index (χ4n) is 1.00. The molecule has 0 saturated heterocycles. The Labute approximate surface area is 110 Å². The van der Waals surface area contributed by atoms with Crippen LogP contribution in [0, 0.1) is 3.57 Å². The summed E-state index contributed by atoms with van der Waals surface area (Å²) in [5, 5.41) is 0.00742. The molecule has 0 bridgehead atoms. The van der Waals surface area contributed by atoms with Crippen molar-refractivity contribution in [3.8, 4) is 11.8 Å². The Morgan fingerprint density at radius 3 is 2.44 bits per heavy atom. The number of nitrogen functional groups attached to an aromatic ring is 1. The van der Waals surface area contributed by atoms with E-state index in [4.69, 9.17) is 22.1 Å². The van der Waals surface area contributed by atoms with Gasteiger partial charge in [-0.15, -0.1) is 0 Å². The second-order valence-corrected chi connectivity index (χ2v) is 4.38. The highest BCUT2D eigenvalue weighted by Gasteiger charge is 2.04. The highest BCUT2D eigenvalue weighted by atomic mass is 127. The van der Waals surface area contributed by atoms with Crippen molar-refractivity contribution >= 4 is 40.1 Å². The third kappa shape index (κ3) is 2.92. The summed E-state index contributed by atoms with van der Waals surface area (Å²) in [5.41, 5.74) is 5.41. The summed E-state index contributed by atoms with van der Waals surface area (Å²) in [6.45, 7) is 0. The normalized spacial score (nSPS) is 10.1. The van der Waals surface area contributed by atoms with Crippen LogP contribution in [0.4, 0.5) is 5.95 Å². The molecule has 1 aromatic carbocycles. The van der Waals surface area contributed by atoms with E-state index < -0.39 is 0 Å². The van der Waals surface area contributed by atoms with Crippen LogP contribution in [-0.2, 0) is 0 Å². The van der Waals surface area contributed by atoms with Crippen LogP contribution in [0.2, 0.25) is 5.28 Å². The topological polar surface area (TPSA) is 73.9 Å². The van der Waals surface area contributed by atoms with Gasteiger partial charge >= 0.3 is 6.01 Å². The summed E-state index contributed by atoms with van der Waals surface area (Å²) in [6, 6.07) is 7.49. The van der Waals surface area contributed by atoms with Gasteiger partial charge in [0.2, 0.25) is 11.2 Å². The summed E-state index contributed by atoms with van der Waals surface area (Å²) in [6.07, 6.45) is 0. The van der Waals surface area contributed by atoms with Crippen LogP contribution < -0.4 is 10.5 Å². The molecule has 0 saturated carbocycles. The highest BCUT2D eigenvalue weighted by Crippen LogP contribution is 2.20. The number of hydrogen-bond donors (Lipinski definition) is 1. The van der Waals surface area contributed by atoms with Crippen molar-refractivity contribution in [2.75, 3.05) is 5.73 Å². The molecule has 2 N–H and O–H groups in total. The van der Waals surface area contributed by atoms with Gasteiger partial charge in [0.05, 0.1) is 0 Å². The van der Waals surface area contributed by atoms with Gasteiger partial charge in [-0.25, -0.2) is 0 Å². The Morgan fingerprint density at radius 2 is 1.81 bits per heavy atom. The van der Waals surface area contributed by atoms with E-state index in [2.05, 4.69) is 37.5 Å². The second-order valence-electron chi connectivity index (χ2n) is 2.80. The quantitative estimate of drug-likeness (QED) is 0.844. The lowest BCUT2D eigenvalue weighted by Crippen LogP contribution is -2.00. The molecule has 0 unspecified atom stereocenters. The summed E-state index contributed by atoms with van der Waals surface area (Å²) in [4.78, 5) is 11.2. The van der Waals surface area contributed by atoms with Crippen LogP contribution in [0.3, 0.4) is 0 Å². The molecule has 0 amide bonds. The molecule has 1 heterocycles. The Hall–Kier alpha value is -1.15. The van der Waals surface area contributed by atoms with Crippen LogP contribution in [-0.4, -0.2) is 15.0 Å². The van der Waals surface area contributed by atoms with Crippen molar-refractivity contribution < 1.29 is 4.74 Å². The molecule has 2 aromatic rings. The van der Waals surface area contributed by atoms with Crippen molar-refractivity contribution in [3.63, 3.8) is 0 Å². The van der Waals surface area contributed by atoms with Gasteiger partial charge in [-0.1, -0.05) is 0 Å². The summed E-state index contributed by atoms with van der Waals surface area (Å²) >= 11 is 7.82. The van der Waals surface area contributed by atoms with E-state index in [1.807, 2.05) is 12.1 Å². The third-order valence-corrected chi connectivity index (χ3v) is 2.52. The van der Waals surface area contributed by atoms with E-state index in [1.165, 1.54) is 0 Å². The number of rotatable bonds is 2. The van der Waals surface area contributed by atoms with Gasteiger partial charge in [-0.05, 0) is 58.5 Å². The van der Waals surface area contributed by atoms with E-state index in [0.717, 1.165) is 3.57 Å². The molecule has 2 rings (SSSR count). The van der Waals surface area contributed by atoms with Crippen molar-refractivity contribution in [1.29, 1.82) is 0 Å². The molecular formula is C9H6ClIN4O. The van der Waals surface area contributed by atoms with Crippen LogP contribution >= 0.6 is 34.2 Å². The number of nitrogens with two attached hydrogens (primary N) is 1. The lowest BCUT2D eigenvalue weighted by atomic mass is 10.3. The number of nitrogens with zero attached hydrogens (tertiary/aromatic N) is 3. The van der Waals surface area contributed by atoms with Gasteiger partial charge in [0.25, 0.3) is 0 Å². The first-order valence-electron chi connectivity index (χ1n) is 4.24. The SMILES string of the molecule is Nc1nc(Cl)nc(Oc2ccc(I)cc2)n1. The van der Waals surface area contributed by atoms with Gasteiger partial charge in [-0.3, -0.25) is 0 Å². The predicted octanol–water partition coefficient (Wildman–Crippen LogP) is 2.50. The molecule has 0 aliphatic carbocycles. The van der Waals surface area contributed by atoms with Gasteiger partial charge in [0, 0.05) is 3.57 Å². The Balaban J connectivity index is 2.23. The molecule has 0 atom stereocenters. The Morgan fingerprint density at radius 1 is 1.12 bits per heavy atom. The summed E-state index contributed by atoms with van der Waals surface area (Å²) < 4.78 is 6.47. The lowest BCUT2D eigenvalue weighted by Gasteiger charge is -2.03. The zero-order valence-corrected chi connectivity index (χ0v) is 10.8. The molecule has 0 aliphatic rings. The minimum atomic E-state index is 0.00742. The molecule has 0 spiro atoms. The van der Waals surface area contributed by atoms with E-state index in [-0.39, 0.29) is 17.2 Å². The van der Waals surface area contributed by atoms with Crippen molar-refractivity contribution in [1.82, 2.24) is 15.0 Å². The molecule has 0 radical (unpaired) electrons. The van der Waals surface area contributed by atoms with Gasteiger partial charge in [0.1, 0.15) is 5.75 Å². The maximum absolute atomic E-state index is 5.62. The van der Waals surface area contributed by atoms with Crippen molar-refractivity contribution in [3.05, 3.63) is 33.1 Å². The summed E-state index contributed by atoms with van der Waals surface area (Å²) in [5.74, 6) is 0.641. The maximum Gasteiger partial charge on any atom is 0.328 e. The number of ether oxygens (including phenoxy) is 1. The molecule has 0 aliphatic heterocycles. The third-order valence-electron chi connectivity index (χ3n) is 1.63. The number of halogens is 2. The predicted molar refractivity (Wildman–Crippen MR) is 68.5 cm³/mol. The first-order chi connectivity index (χ1) is 7.63. The first kappa shape index (κ1) is 11.3.